The van der Waals surface area contributed by atoms with Crippen LogP contribution in [0.25, 0.3) is 0 Å². The lowest BCUT2D eigenvalue weighted by atomic mass is 9.68. The Labute approximate surface area is 121 Å². The van der Waals surface area contributed by atoms with Crippen molar-refractivity contribution in [2.75, 3.05) is 7.05 Å². The summed E-state index contributed by atoms with van der Waals surface area (Å²) in [6, 6.07) is 0. The average Bonchev–Trinajstić information content (AvgIpc) is 2.24. The molecule has 116 valence electrons. The van der Waals surface area contributed by atoms with Crippen LogP contribution in [0.1, 0.15) is 53.4 Å². The minimum absolute atomic E-state index is 0.0213. The Bertz CT molecular complexity index is 371. The number of rotatable bonds is 5. The first-order valence-electron chi connectivity index (χ1n) is 7.16. The highest BCUT2D eigenvalue weighted by Gasteiger charge is 2.46. The lowest BCUT2D eigenvalue weighted by Gasteiger charge is -2.54. The predicted molar refractivity (Wildman–Crippen MR) is 76.6 cm³/mol. The third-order valence-corrected chi connectivity index (χ3v) is 4.89. The minimum atomic E-state index is -0.928. The molecule has 1 aliphatic rings. The molecule has 0 saturated carbocycles. The smallest absolute Gasteiger partial charge is 0.306 e. The highest BCUT2D eigenvalue weighted by atomic mass is 16.4. The fraction of sp³-hybridized carbons (Fsp3) is 0.867. The topological polar surface area (TPSA) is 77.8 Å². The van der Waals surface area contributed by atoms with Crippen molar-refractivity contribution in [2.24, 2.45) is 11.8 Å². The average molecular weight is 285 g/mol. The van der Waals surface area contributed by atoms with E-state index in [9.17, 15) is 14.7 Å². The summed E-state index contributed by atoms with van der Waals surface area (Å²) in [5, 5.41) is 18.2. The first-order valence-corrected chi connectivity index (χ1v) is 7.16. The van der Waals surface area contributed by atoms with Crippen LogP contribution in [0.15, 0.2) is 0 Å². The number of carboxylic acid groups (broad SMARTS) is 2. The fourth-order valence-corrected chi connectivity index (χ4v) is 3.57. The molecular weight excluding hydrogens is 258 g/mol. The van der Waals surface area contributed by atoms with Gasteiger partial charge in [-0.05, 0) is 59.9 Å². The molecule has 2 N–H and O–H groups in total. The van der Waals surface area contributed by atoms with Crippen molar-refractivity contribution < 1.29 is 19.8 Å². The van der Waals surface area contributed by atoms with Gasteiger partial charge in [0, 0.05) is 17.5 Å². The normalized spacial score (nSPS) is 24.2. The van der Waals surface area contributed by atoms with Crippen molar-refractivity contribution >= 4 is 11.9 Å². The van der Waals surface area contributed by atoms with Crippen molar-refractivity contribution in [2.45, 2.75) is 64.5 Å². The summed E-state index contributed by atoms with van der Waals surface area (Å²) in [7, 11) is 2.07. The monoisotopic (exact) mass is 285 g/mol. The standard InChI is InChI=1S/C15H27NO4/c1-14(2)8-10(9-15(3,4)16(14)5)11(13(19)20)6-7-12(17)18/h10-11H,6-9H2,1-5H3,(H,17,18)(H,19,20). The number of piperidine rings is 1. The van der Waals surface area contributed by atoms with Gasteiger partial charge in [0.25, 0.3) is 0 Å². The second-order valence-electron chi connectivity index (χ2n) is 7.23. The maximum absolute atomic E-state index is 11.5. The number of hydrogen-bond donors (Lipinski definition) is 2. The van der Waals surface area contributed by atoms with Crippen LogP contribution in [0.2, 0.25) is 0 Å². The van der Waals surface area contributed by atoms with Gasteiger partial charge in [0.15, 0.2) is 0 Å². The Morgan fingerprint density at radius 3 is 1.95 bits per heavy atom. The van der Waals surface area contributed by atoms with E-state index in [0.29, 0.717) is 0 Å². The van der Waals surface area contributed by atoms with Gasteiger partial charge < -0.3 is 10.2 Å². The van der Waals surface area contributed by atoms with Gasteiger partial charge in [0.1, 0.15) is 0 Å². The zero-order valence-electron chi connectivity index (χ0n) is 13.1. The third-order valence-electron chi connectivity index (χ3n) is 4.89. The fourth-order valence-electron chi connectivity index (χ4n) is 3.57. The summed E-state index contributed by atoms with van der Waals surface area (Å²) < 4.78 is 0. The molecule has 1 unspecified atom stereocenters. The molecule has 1 saturated heterocycles. The maximum atomic E-state index is 11.5. The minimum Gasteiger partial charge on any atom is -0.481 e. The molecule has 0 aromatic carbocycles. The van der Waals surface area contributed by atoms with Gasteiger partial charge in [-0.25, -0.2) is 0 Å². The summed E-state index contributed by atoms with van der Waals surface area (Å²) in [5.74, 6) is -2.35. The first-order chi connectivity index (χ1) is 8.97. The van der Waals surface area contributed by atoms with Gasteiger partial charge in [0.05, 0.1) is 5.92 Å². The van der Waals surface area contributed by atoms with Crippen molar-refractivity contribution in [3.63, 3.8) is 0 Å². The quantitative estimate of drug-likeness (QED) is 0.811. The van der Waals surface area contributed by atoms with Gasteiger partial charge in [-0.3, -0.25) is 14.5 Å². The van der Waals surface area contributed by atoms with Crippen LogP contribution in [-0.2, 0) is 9.59 Å². The number of nitrogens with zero attached hydrogens (tertiary/aromatic N) is 1. The van der Waals surface area contributed by atoms with E-state index in [-0.39, 0.29) is 29.8 Å². The van der Waals surface area contributed by atoms with Crippen LogP contribution in [0, 0.1) is 11.8 Å². The van der Waals surface area contributed by atoms with Crippen LogP contribution in [0.5, 0.6) is 0 Å². The molecule has 5 nitrogen and oxygen atoms in total. The van der Waals surface area contributed by atoms with E-state index >= 15 is 0 Å². The van der Waals surface area contributed by atoms with Crippen LogP contribution < -0.4 is 0 Å². The summed E-state index contributed by atoms with van der Waals surface area (Å²) >= 11 is 0. The van der Waals surface area contributed by atoms with E-state index in [1.54, 1.807) is 0 Å². The second kappa shape index (κ2) is 5.72. The Morgan fingerprint density at radius 2 is 1.60 bits per heavy atom. The van der Waals surface area contributed by atoms with E-state index in [0.717, 1.165) is 12.8 Å². The Hall–Kier alpha value is -1.10. The number of carbonyl (C=O) groups is 2. The summed E-state index contributed by atoms with van der Waals surface area (Å²) in [6.07, 6.45) is 1.70. The molecule has 0 amide bonds. The highest BCUT2D eigenvalue weighted by molar-refractivity contribution is 5.72. The zero-order valence-corrected chi connectivity index (χ0v) is 13.1. The zero-order chi connectivity index (χ0) is 15.7. The van der Waals surface area contributed by atoms with Gasteiger partial charge >= 0.3 is 11.9 Å². The maximum Gasteiger partial charge on any atom is 0.306 e. The van der Waals surface area contributed by atoms with Crippen molar-refractivity contribution in [3.05, 3.63) is 0 Å². The van der Waals surface area contributed by atoms with Crippen LogP contribution in [0.3, 0.4) is 0 Å². The molecule has 1 heterocycles. The van der Waals surface area contributed by atoms with E-state index < -0.39 is 17.9 Å². The third kappa shape index (κ3) is 3.72. The second-order valence-corrected chi connectivity index (χ2v) is 7.23. The Morgan fingerprint density at radius 1 is 1.15 bits per heavy atom. The van der Waals surface area contributed by atoms with E-state index in [4.69, 9.17) is 5.11 Å². The molecule has 5 heteroatoms. The van der Waals surface area contributed by atoms with E-state index in [1.165, 1.54) is 0 Å². The molecule has 0 aromatic rings. The molecule has 20 heavy (non-hydrogen) atoms. The Balaban J connectivity index is 2.92. The van der Waals surface area contributed by atoms with E-state index in [2.05, 4.69) is 39.6 Å². The first kappa shape index (κ1) is 17.0. The SMILES string of the molecule is CN1C(C)(C)CC(C(CCC(=O)O)C(=O)O)CC1(C)C. The van der Waals surface area contributed by atoms with Gasteiger partial charge in [0.2, 0.25) is 0 Å². The van der Waals surface area contributed by atoms with E-state index in [1.807, 2.05) is 0 Å². The summed E-state index contributed by atoms with van der Waals surface area (Å²) in [6.45, 7) is 8.49. The van der Waals surface area contributed by atoms with Gasteiger partial charge in [-0.2, -0.15) is 0 Å². The number of carboxylic acids is 2. The van der Waals surface area contributed by atoms with Gasteiger partial charge in [-0.1, -0.05) is 0 Å². The van der Waals surface area contributed by atoms with Crippen molar-refractivity contribution in [3.8, 4) is 0 Å². The number of aliphatic carboxylic acids is 2. The lowest BCUT2D eigenvalue weighted by molar-refractivity contribution is -0.148. The summed E-state index contributed by atoms with van der Waals surface area (Å²) in [4.78, 5) is 24.5. The van der Waals surface area contributed by atoms with Crippen LogP contribution >= 0.6 is 0 Å². The van der Waals surface area contributed by atoms with Crippen LogP contribution in [0.4, 0.5) is 0 Å². The predicted octanol–water partition coefficient (Wildman–Crippen LogP) is 2.45. The molecule has 0 bridgehead atoms. The van der Waals surface area contributed by atoms with Crippen LogP contribution in [-0.4, -0.2) is 45.2 Å². The van der Waals surface area contributed by atoms with Crippen molar-refractivity contribution in [1.29, 1.82) is 0 Å². The highest BCUT2D eigenvalue weighted by Crippen LogP contribution is 2.43. The number of hydrogen-bond acceptors (Lipinski definition) is 3. The molecule has 1 fully saturated rings. The molecule has 0 spiro atoms. The Kier molecular flexibility index (Phi) is 4.85. The largest absolute Gasteiger partial charge is 0.481 e. The lowest BCUT2D eigenvalue weighted by Crippen LogP contribution is -2.59. The molecule has 0 aromatic heterocycles. The molecule has 0 radical (unpaired) electrons. The van der Waals surface area contributed by atoms with Gasteiger partial charge in [-0.15, -0.1) is 0 Å². The molecule has 1 atom stereocenters. The van der Waals surface area contributed by atoms with Crippen molar-refractivity contribution in [1.82, 2.24) is 4.90 Å². The molecule has 0 aliphatic carbocycles. The molecular formula is C15H27NO4. The number of likely N-dealkylation sites (tertiary alicyclic amines) is 1. The molecule has 1 rings (SSSR count). The summed E-state index contributed by atoms with van der Waals surface area (Å²) in [5.41, 5.74) is -0.160. The molecule has 1 aliphatic heterocycles.